The van der Waals surface area contributed by atoms with E-state index in [9.17, 15) is 19.7 Å². The molecule has 0 fully saturated rings. The van der Waals surface area contributed by atoms with E-state index in [-0.39, 0.29) is 24.4 Å². The molecule has 12 rings (SSSR count). The quantitative estimate of drug-likeness (QED) is 0.0675. The molecule has 1 amide bonds. The number of esters is 1. The van der Waals surface area contributed by atoms with E-state index in [1.807, 2.05) is 78.9 Å². The van der Waals surface area contributed by atoms with E-state index in [1.54, 1.807) is 6.92 Å². The van der Waals surface area contributed by atoms with Crippen molar-refractivity contribution in [2.75, 3.05) is 12.4 Å². The van der Waals surface area contributed by atoms with Gasteiger partial charge in [-0.15, -0.1) is 0 Å². The van der Waals surface area contributed by atoms with Crippen LogP contribution in [-0.4, -0.2) is 53.8 Å². The minimum atomic E-state index is -0.890. The van der Waals surface area contributed by atoms with Crippen LogP contribution in [0.2, 0.25) is 0 Å². The Balaban J connectivity index is 0.987. The zero-order valence-electron chi connectivity index (χ0n) is 41.2. The summed E-state index contributed by atoms with van der Waals surface area (Å²) in [4.78, 5) is 65.8. The number of nitrogens with zero attached hydrogens (tertiary/aromatic N) is 5. The predicted octanol–water partition coefficient (Wildman–Crippen LogP) is 13.3. The Kier molecular flexibility index (Phi) is 12.2. The number of hydrogen-bond acceptors (Lipinski definition) is 10. The van der Waals surface area contributed by atoms with Crippen LogP contribution in [0.15, 0.2) is 164 Å². The summed E-state index contributed by atoms with van der Waals surface area (Å²) in [6.45, 7) is 1.75. The first-order valence-corrected chi connectivity index (χ1v) is 24.8. The second-order valence-electron chi connectivity index (χ2n) is 18.7. The normalized spacial score (nSPS) is 14.4. The Morgan fingerprint density at radius 3 is 1.43 bits per heavy atom. The molecule has 2 atom stereocenters. The molecule has 0 radical (unpaired) electrons. The molecule has 6 heterocycles. The van der Waals surface area contributed by atoms with E-state index in [2.05, 4.69) is 100 Å². The Bertz CT molecular complexity index is 3970. The summed E-state index contributed by atoms with van der Waals surface area (Å²) in [6.07, 6.45) is 8.48. The fraction of sp³-hybridized carbons (Fsp3) is 0.0968. The van der Waals surface area contributed by atoms with Crippen LogP contribution in [0, 0.1) is 28.9 Å². The molecule has 4 aromatic heterocycles. The highest BCUT2D eigenvalue weighted by atomic mass is 16.6. The molecule has 0 spiro atoms. The fourth-order valence-electron chi connectivity index (χ4n) is 10.4. The number of aromatic nitrogens is 6. The van der Waals surface area contributed by atoms with Gasteiger partial charge in [-0.05, 0) is 108 Å². The Morgan fingerprint density at radius 1 is 0.553 bits per heavy atom. The van der Waals surface area contributed by atoms with Gasteiger partial charge >= 0.3 is 5.97 Å². The highest BCUT2D eigenvalue weighted by molar-refractivity contribution is 6.00. The van der Waals surface area contributed by atoms with Crippen LogP contribution >= 0.6 is 0 Å². The number of anilines is 1. The SMILES string of the molecule is COC(=O)C1Cc2nc(C)nc(Oc3ccc(-c4c5nc(c(-c6ccccc6)c6ccc([nH]6)c(-c6ccccc6)c6nc(c(-c7ccccc7)c7ccc4[nH]7)C=C6)C=C5)cc3)c2CC1C(=O)Nc1ccc([N+](=O)[O-])cc1. The van der Waals surface area contributed by atoms with Gasteiger partial charge in [-0.1, -0.05) is 103 Å². The number of carbonyl (C=O) groups is 2. The van der Waals surface area contributed by atoms with Crippen molar-refractivity contribution in [1.29, 1.82) is 0 Å². The van der Waals surface area contributed by atoms with Crippen LogP contribution in [0.4, 0.5) is 11.4 Å². The molecular formula is C62H46N8O6. The third kappa shape index (κ3) is 8.97. The number of methoxy groups -OCH3 is 1. The van der Waals surface area contributed by atoms with Crippen LogP contribution in [0.1, 0.15) is 39.9 Å². The molecule has 9 aromatic rings. The smallest absolute Gasteiger partial charge is 0.309 e. The van der Waals surface area contributed by atoms with Gasteiger partial charge < -0.3 is 24.8 Å². The van der Waals surface area contributed by atoms with E-state index in [4.69, 9.17) is 29.4 Å². The maximum Gasteiger partial charge on any atom is 0.309 e. The number of non-ortho nitro benzene ring substituents is 1. The number of benzene rings is 5. The molecule has 76 heavy (non-hydrogen) atoms. The molecule has 1 aliphatic carbocycles. The summed E-state index contributed by atoms with van der Waals surface area (Å²) in [7, 11) is 1.28. The largest absolute Gasteiger partial charge is 0.469 e. The minimum absolute atomic E-state index is 0.0709. The number of nitro benzene ring substituents is 1. The number of hydrogen-bond donors (Lipinski definition) is 3. The number of nitrogens with one attached hydrogen (secondary N) is 3. The molecular weight excluding hydrogens is 953 g/mol. The van der Waals surface area contributed by atoms with Crippen LogP contribution in [-0.2, 0) is 27.2 Å². The number of rotatable bonds is 10. The zero-order chi connectivity index (χ0) is 51.9. The molecule has 3 N–H and O–H groups in total. The molecule has 14 heteroatoms. The van der Waals surface area contributed by atoms with Crippen molar-refractivity contribution in [1.82, 2.24) is 29.9 Å². The van der Waals surface area contributed by atoms with E-state index in [1.165, 1.54) is 31.4 Å². The molecule has 370 valence electrons. The second-order valence-corrected chi connectivity index (χ2v) is 18.7. The van der Waals surface area contributed by atoms with Crippen molar-refractivity contribution >= 4 is 69.6 Å². The van der Waals surface area contributed by atoms with Crippen molar-refractivity contribution in [2.24, 2.45) is 11.8 Å². The molecule has 3 aliphatic rings. The van der Waals surface area contributed by atoms with Crippen LogP contribution < -0.4 is 10.1 Å². The number of nitro groups is 1. The lowest BCUT2D eigenvalue weighted by Crippen LogP contribution is -2.40. The first-order valence-electron chi connectivity index (χ1n) is 24.8. The number of amides is 1. The number of aromatic amines is 2. The lowest BCUT2D eigenvalue weighted by Gasteiger charge is -2.30. The average Bonchev–Trinajstić information content (AvgIpc) is 4.32. The maximum atomic E-state index is 14.0. The molecule has 14 nitrogen and oxygen atoms in total. The molecule has 2 unspecified atom stereocenters. The summed E-state index contributed by atoms with van der Waals surface area (Å²) in [6, 6.07) is 52.5. The van der Waals surface area contributed by atoms with Gasteiger partial charge in [-0.2, -0.15) is 4.98 Å². The van der Waals surface area contributed by atoms with Gasteiger partial charge in [-0.3, -0.25) is 19.7 Å². The second kappa shape index (κ2) is 19.7. The molecule has 0 saturated carbocycles. The predicted molar refractivity (Wildman–Crippen MR) is 296 cm³/mol. The molecule has 5 aromatic carbocycles. The van der Waals surface area contributed by atoms with Crippen LogP contribution in [0.25, 0.3) is 90.9 Å². The standard InChI is InChI=1S/C62H46N8O6/c1-36-63-55-35-45(62(72)75-2)44(60(71)65-41-20-22-42(23-21-41)70(73)74)34-46(55)61(64-36)76-43-24-18-40(19-25-43)59-53-32-30-51(68-53)57(38-14-8-4-9-15-38)49-28-26-47(66-49)56(37-12-6-3-7-13-37)48-27-29-50(67-48)58(39-16-10-5-11-17-39)52-31-33-54(59)69-52/h3-33,44-45,66,69H,34-35H2,1-2H3,(H,65,71). The van der Waals surface area contributed by atoms with Crippen molar-refractivity contribution in [3.05, 3.63) is 214 Å². The highest BCUT2D eigenvalue weighted by Gasteiger charge is 2.41. The van der Waals surface area contributed by atoms with Crippen molar-refractivity contribution in [3.8, 4) is 56.1 Å². The number of ether oxygens (including phenoxy) is 2. The highest BCUT2D eigenvalue weighted by Crippen LogP contribution is 2.41. The summed E-state index contributed by atoms with van der Waals surface area (Å²) >= 11 is 0. The Morgan fingerprint density at radius 2 is 1.00 bits per heavy atom. The summed E-state index contributed by atoms with van der Waals surface area (Å²) < 4.78 is 11.8. The van der Waals surface area contributed by atoms with Gasteiger partial charge in [0.15, 0.2) is 0 Å². The monoisotopic (exact) mass is 998 g/mol. The van der Waals surface area contributed by atoms with Crippen LogP contribution in [0.3, 0.4) is 0 Å². The van der Waals surface area contributed by atoms with Gasteiger partial charge in [0.1, 0.15) is 11.6 Å². The minimum Gasteiger partial charge on any atom is -0.469 e. The third-order valence-electron chi connectivity index (χ3n) is 14.0. The summed E-state index contributed by atoms with van der Waals surface area (Å²) in [5, 5.41) is 14.1. The van der Waals surface area contributed by atoms with E-state index in [0.29, 0.717) is 28.5 Å². The van der Waals surface area contributed by atoms with Crippen molar-refractivity contribution in [2.45, 2.75) is 19.8 Å². The first-order chi connectivity index (χ1) is 37.1. The average molecular weight is 999 g/mol. The molecule has 0 saturated heterocycles. The molecule has 8 bridgehead atoms. The van der Waals surface area contributed by atoms with Gasteiger partial charge in [0.25, 0.3) is 5.69 Å². The Labute approximate surface area is 435 Å². The van der Waals surface area contributed by atoms with Crippen molar-refractivity contribution < 1.29 is 24.0 Å². The zero-order valence-corrected chi connectivity index (χ0v) is 41.2. The van der Waals surface area contributed by atoms with Gasteiger partial charge in [-0.25, -0.2) is 15.0 Å². The molecule has 2 aliphatic heterocycles. The van der Waals surface area contributed by atoms with E-state index in [0.717, 1.165) is 89.4 Å². The topological polar surface area (TPSA) is 191 Å². The number of fused-ring (bicyclic) bond motifs is 9. The first kappa shape index (κ1) is 47.0. The van der Waals surface area contributed by atoms with Gasteiger partial charge in [0, 0.05) is 74.1 Å². The number of carbonyl (C=O) groups excluding carboxylic acids is 2. The third-order valence-corrected chi connectivity index (χ3v) is 14.0. The summed E-state index contributed by atoms with van der Waals surface area (Å²) in [5.74, 6) is -1.58. The maximum absolute atomic E-state index is 14.0. The van der Waals surface area contributed by atoms with Gasteiger partial charge in [0.2, 0.25) is 11.8 Å². The van der Waals surface area contributed by atoms with Crippen molar-refractivity contribution in [3.63, 3.8) is 0 Å². The lowest BCUT2D eigenvalue weighted by atomic mass is 9.77. The van der Waals surface area contributed by atoms with E-state index < -0.39 is 28.6 Å². The number of aryl methyl sites for hydroxylation is 1. The van der Waals surface area contributed by atoms with Gasteiger partial charge in [0.05, 0.1) is 52.3 Å². The Hall–Kier alpha value is -10.1. The van der Waals surface area contributed by atoms with E-state index >= 15 is 0 Å². The fourth-order valence-corrected chi connectivity index (χ4v) is 10.4. The number of H-pyrrole nitrogens is 2. The lowest BCUT2D eigenvalue weighted by molar-refractivity contribution is -0.384. The summed E-state index contributed by atoms with van der Waals surface area (Å²) in [5.41, 5.74) is 15.7. The van der Waals surface area contributed by atoms with Crippen LogP contribution in [0.5, 0.6) is 11.6 Å².